The van der Waals surface area contributed by atoms with Gasteiger partial charge in [-0.2, -0.15) is 0 Å². The third-order valence-corrected chi connectivity index (χ3v) is 4.24. The first-order chi connectivity index (χ1) is 9.65. The van der Waals surface area contributed by atoms with Crippen LogP contribution in [0, 0.1) is 0 Å². The van der Waals surface area contributed by atoms with E-state index in [0.29, 0.717) is 30.7 Å². The molecule has 112 valence electrons. The number of methoxy groups -OCH3 is 2. The lowest BCUT2D eigenvalue weighted by molar-refractivity contribution is 0.0597. The molecule has 0 heterocycles. The number of esters is 1. The highest BCUT2D eigenvalue weighted by Crippen LogP contribution is 2.42. The van der Waals surface area contributed by atoms with E-state index >= 15 is 0 Å². The van der Waals surface area contributed by atoms with Gasteiger partial charge in [-0.3, -0.25) is 0 Å². The van der Waals surface area contributed by atoms with Gasteiger partial charge in [0.25, 0.3) is 0 Å². The molecule has 0 saturated carbocycles. The lowest BCUT2D eigenvalue weighted by atomic mass is 10.1. The highest BCUT2D eigenvalue weighted by Gasteiger charge is 2.16. The van der Waals surface area contributed by atoms with Crippen molar-refractivity contribution >= 4 is 14.3 Å². The quantitative estimate of drug-likeness (QED) is 0.544. The van der Waals surface area contributed by atoms with Crippen molar-refractivity contribution in [1.82, 2.24) is 0 Å². The van der Waals surface area contributed by atoms with Gasteiger partial charge < -0.3 is 18.5 Å². The van der Waals surface area contributed by atoms with Crippen molar-refractivity contribution in [2.45, 2.75) is 20.0 Å². The third kappa shape index (κ3) is 4.75. The molecule has 0 unspecified atom stereocenters. The monoisotopic (exact) mass is 300 g/mol. The molecule has 0 aliphatic carbocycles. The Hall–Kier alpha value is -1.16. The third-order valence-electron chi connectivity index (χ3n) is 2.53. The van der Waals surface area contributed by atoms with Crippen LogP contribution in [0.3, 0.4) is 0 Å². The molecular weight excluding hydrogens is 279 g/mol. The standard InChI is InChI=1S/C14H21O5P/c1-5-18-20(19-6-2)10-11-7-8-12(14(15)17-4)13(9-11)16-3/h7-9H,5-6,10H2,1-4H3. The van der Waals surface area contributed by atoms with E-state index in [4.69, 9.17) is 18.5 Å². The van der Waals surface area contributed by atoms with Crippen molar-refractivity contribution in [2.75, 3.05) is 27.4 Å². The van der Waals surface area contributed by atoms with Gasteiger partial charge in [0.2, 0.25) is 0 Å². The predicted octanol–water partition coefficient (Wildman–Crippen LogP) is 3.37. The van der Waals surface area contributed by atoms with E-state index in [-0.39, 0.29) is 0 Å². The van der Waals surface area contributed by atoms with Crippen molar-refractivity contribution in [3.8, 4) is 5.75 Å². The van der Waals surface area contributed by atoms with Gasteiger partial charge in [-0.1, -0.05) is 6.07 Å². The molecule has 1 rings (SSSR count). The second-order valence-corrected chi connectivity index (χ2v) is 5.35. The Labute approximate surface area is 121 Å². The predicted molar refractivity (Wildman–Crippen MR) is 78.2 cm³/mol. The number of ether oxygens (including phenoxy) is 2. The molecule has 20 heavy (non-hydrogen) atoms. The van der Waals surface area contributed by atoms with Gasteiger partial charge in [-0.15, -0.1) is 0 Å². The fourth-order valence-electron chi connectivity index (χ4n) is 1.68. The largest absolute Gasteiger partial charge is 0.496 e. The molecule has 1 aromatic carbocycles. The van der Waals surface area contributed by atoms with E-state index in [0.717, 1.165) is 5.56 Å². The van der Waals surface area contributed by atoms with Crippen LogP contribution in [0.15, 0.2) is 18.2 Å². The first kappa shape index (κ1) is 16.9. The fourth-order valence-corrected chi connectivity index (χ4v) is 3.01. The van der Waals surface area contributed by atoms with Crippen LogP contribution < -0.4 is 4.74 Å². The topological polar surface area (TPSA) is 54.0 Å². The van der Waals surface area contributed by atoms with E-state index in [1.54, 1.807) is 6.07 Å². The summed E-state index contributed by atoms with van der Waals surface area (Å²) in [4.78, 5) is 11.6. The second-order valence-electron chi connectivity index (χ2n) is 3.85. The maximum absolute atomic E-state index is 11.6. The molecule has 0 bridgehead atoms. The van der Waals surface area contributed by atoms with Crippen molar-refractivity contribution in [3.63, 3.8) is 0 Å². The van der Waals surface area contributed by atoms with Crippen molar-refractivity contribution in [1.29, 1.82) is 0 Å². The SMILES string of the molecule is CCOP(Cc1ccc(C(=O)OC)c(OC)c1)OCC. The Morgan fingerprint density at radius 2 is 1.80 bits per heavy atom. The molecule has 1 aromatic rings. The molecule has 0 aliphatic rings. The van der Waals surface area contributed by atoms with Crippen molar-refractivity contribution in [2.24, 2.45) is 0 Å². The lowest BCUT2D eigenvalue weighted by Gasteiger charge is -2.16. The van der Waals surface area contributed by atoms with E-state index in [9.17, 15) is 4.79 Å². The van der Waals surface area contributed by atoms with Gasteiger partial charge in [0, 0.05) is 6.16 Å². The summed E-state index contributed by atoms with van der Waals surface area (Å²) in [5.41, 5.74) is 1.42. The molecule has 0 amide bonds. The van der Waals surface area contributed by atoms with Crippen LogP contribution in [0.25, 0.3) is 0 Å². The van der Waals surface area contributed by atoms with Crippen LogP contribution in [0.1, 0.15) is 29.8 Å². The zero-order valence-electron chi connectivity index (χ0n) is 12.3. The summed E-state index contributed by atoms with van der Waals surface area (Å²) in [6.45, 7) is 5.11. The molecule has 0 spiro atoms. The normalized spacial score (nSPS) is 10.7. The molecule has 0 atom stereocenters. The summed E-state index contributed by atoms with van der Waals surface area (Å²) in [6, 6.07) is 5.38. The van der Waals surface area contributed by atoms with Gasteiger partial charge >= 0.3 is 5.97 Å². The molecule has 6 heteroatoms. The Morgan fingerprint density at radius 1 is 1.15 bits per heavy atom. The van der Waals surface area contributed by atoms with Crippen LogP contribution in [0.5, 0.6) is 5.75 Å². The van der Waals surface area contributed by atoms with E-state index in [1.807, 2.05) is 26.0 Å². The smallest absolute Gasteiger partial charge is 0.341 e. The van der Waals surface area contributed by atoms with Crippen LogP contribution in [0.4, 0.5) is 0 Å². The van der Waals surface area contributed by atoms with Crippen molar-refractivity contribution < 1.29 is 23.3 Å². The minimum atomic E-state index is -0.955. The van der Waals surface area contributed by atoms with Crippen LogP contribution in [-0.2, 0) is 19.9 Å². The molecule has 0 aromatic heterocycles. The Balaban J connectivity index is 2.88. The average Bonchev–Trinajstić information content (AvgIpc) is 2.46. The maximum atomic E-state index is 11.6. The number of carbonyl (C=O) groups is 1. The van der Waals surface area contributed by atoms with Gasteiger partial charge in [-0.05, 0) is 31.5 Å². The van der Waals surface area contributed by atoms with Crippen LogP contribution in [-0.4, -0.2) is 33.4 Å². The number of hydrogen-bond donors (Lipinski definition) is 0. The maximum Gasteiger partial charge on any atom is 0.341 e. The Kier molecular flexibility index (Phi) is 7.52. The van der Waals surface area contributed by atoms with Gasteiger partial charge in [0.1, 0.15) is 11.3 Å². The highest BCUT2D eigenvalue weighted by molar-refractivity contribution is 7.46. The zero-order valence-corrected chi connectivity index (χ0v) is 13.2. The summed E-state index contributed by atoms with van der Waals surface area (Å²) in [7, 11) is 1.92. The Bertz CT molecular complexity index is 430. The first-order valence-corrected chi connectivity index (χ1v) is 7.81. The molecule has 0 saturated heterocycles. The molecule has 0 radical (unpaired) electrons. The molecule has 5 nitrogen and oxygen atoms in total. The summed E-state index contributed by atoms with van der Waals surface area (Å²) >= 11 is 0. The van der Waals surface area contributed by atoms with E-state index in [2.05, 4.69) is 0 Å². The van der Waals surface area contributed by atoms with E-state index < -0.39 is 14.3 Å². The average molecular weight is 300 g/mol. The number of hydrogen-bond acceptors (Lipinski definition) is 5. The summed E-state index contributed by atoms with van der Waals surface area (Å²) in [6.07, 6.45) is 0.662. The molecule has 0 fully saturated rings. The van der Waals surface area contributed by atoms with Gasteiger partial charge in [0.15, 0.2) is 8.38 Å². The van der Waals surface area contributed by atoms with Crippen LogP contribution >= 0.6 is 8.38 Å². The highest BCUT2D eigenvalue weighted by atomic mass is 31.2. The van der Waals surface area contributed by atoms with E-state index in [1.165, 1.54) is 14.2 Å². The number of carbonyl (C=O) groups excluding carboxylic acids is 1. The Morgan fingerprint density at radius 3 is 2.30 bits per heavy atom. The van der Waals surface area contributed by atoms with Crippen LogP contribution in [0.2, 0.25) is 0 Å². The second kappa shape index (κ2) is 8.90. The van der Waals surface area contributed by atoms with Gasteiger partial charge in [-0.25, -0.2) is 4.79 Å². The van der Waals surface area contributed by atoms with Crippen molar-refractivity contribution in [3.05, 3.63) is 29.3 Å². The molecular formula is C14H21O5P. The minimum absolute atomic E-state index is 0.412. The number of rotatable bonds is 8. The summed E-state index contributed by atoms with van der Waals surface area (Å²) in [5, 5.41) is 0. The fraction of sp³-hybridized carbons (Fsp3) is 0.500. The molecule has 0 N–H and O–H groups in total. The van der Waals surface area contributed by atoms with Gasteiger partial charge in [0.05, 0.1) is 27.4 Å². The summed E-state index contributed by atoms with van der Waals surface area (Å²) in [5.74, 6) is 0.0857. The summed E-state index contributed by atoms with van der Waals surface area (Å²) < 4.78 is 21.1. The zero-order chi connectivity index (χ0) is 15.0. The minimum Gasteiger partial charge on any atom is -0.496 e. The first-order valence-electron chi connectivity index (χ1n) is 6.44. The lowest BCUT2D eigenvalue weighted by Crippen LogP contribution is -2.04. The molecule has 0 aliphatic heterocycles. The number of benzene rings is 1.